The van der Waals surface area contributed by atoms with E-state index in [9.17, 15) is 14.5 Å². The molecular weight excluding hydrogens is 326 g/mol. The Balaban J connectivity index is 1.98. The van der Waals surface area contributed by atoms with E-state index in [-0.39, 0.29) is 5.41 Å². The minimum absolute atomic E-state index is 0.246. The second kappa shape index (κ2) is 6.04. The molecule has 1 aliphatic heterocycles. The molecule has 0 aromatic carbocycles. The van der Waals surface area contributed by atoms with E-state index in [0.29, 0.717) is 25.9 Å². The number of carboxylic acid groups (broad SMARTS) is 1. The van der Waals surface area contributed by atoms with Gasteiger partial charge >= 0.3 is 6.09 Å². The van der Waals surface area contributed by atoms with E-state index in [4.69, 9.17) is 0 Å². The van der Waals surface area contributed by atoms with Crippen molar-refractivity contribution in [1.82, 2.24) is 9.88 Å². The summed E-state index contributed by atoms with van der Waals surface area (Å²) in [4.78, 5) is 17.1. The first kappa shape index (κ1) is 17.2. The van der Waals surface area contributed by atoms with E-state index < -0.39 is 22.2 Å². The van der Waals surface area contributed by atoms with Crippen molar-refractivity contribution in [3.63, 3.8) is 0 Å². The number of amides is 1. The molecule has 3 rings (SSSR count). The molecule has 7 heteroatoms. The van der Waals surface area contributed by atoms with Gasteiger partial charge in [-0.15, -0.1) is 0 Å². The van der Waals surface area contributed by atoms with Crippen molar-refractivity contribution in [2.45, 2.75) is 44.8 Å². The van der Waals surface area contributed by atoms with E-state index >= 15 is 0 Å². The van der Waals surface area contributed by atoms with Gasteiger partial charge in [0.05, 0.1) is 5.69 Å². The van der Waals surface area contributed by atoms with Crippen LogP contribution in [0.1, 0.15) is 44.9 Å². The van der Waals surface area contributed by atoms with E-state index in [0.717, 1.165) is 23.4 Å². The molecule has 6 nitrogen and oxygen atoms in total. The molecule has 2 aliphatic rings. The van der Waals surface area contributed by atoms with Gasteiger partial charge in [-0.3, -0.25) is 4.98 Å². The summed E-state index contributed by atoms with van der Waals surface area (Å²) < 4.78 is 16.8. The molecule has 1 N–H and O–H groups in total. The van der Waals surface area contributed by atoms with Crippen LogP contribution in [0.3, 0.4) is 0 Å². The van der Waals surface area contributed by atoms with Crippen molar-refractivity contribution in [3.05, 3.63) is 29.6 Å². The monoisotopic (exact) mass is 349 g/mol. The fourth-order valence-electron chi connectivity index (χ4n) is 3.39. The molecule has 0 radical (unpaired) electrons. The lowest BCUT2D eigenvalue weighted by molar-refractivity contribution is 0.114. The zero-order valence-corrected chi connectivity index (χ0v) is 15.1. The van der Waals surface area contributed by atoms with Crippen LogP contribution >= 0.6 is 0 Å². The van der Waals surface area contributed by atoms with Crippen LogP contribution in [0, 0.1) is 5.41 Å². The predicted octanol–water partition coefficient (Wildman–Crippen LogP) is 2.65. The Bertz CT molecular complexity index is 676. The van der Waals surface area contributed by atoms with Crippen molar-refractivity contribution < 1.29 is 14.5 Å². The van der Waals surface area contributed by atoms with Crippen LogP contribution < -0.4 is 0 Å². The summed E-state index contributed by atoms with van der Waals surface area (Å²) in [5.41, 5.74) is 2.55. The third-order valence-electron chi connectivity index (χ3n) is 4.84. The van der Waals surface area contributed by atoms with Crippen molar-refractivity contribution in [1.29, 1.82) is 0 Å². The van der Waals surface area contributed by atoms with Gasteiger partial charge in [0.25, 0.3) is 0 Å². The summed E-state index contributed by atoms with van der Waals surface area (Å²) >= 11 is -1.35. The Labute approximate surface area is 145 Å². The lowest BCUT2D eigenvalue weighted by atomic mass is 9.75. The summed E-state index contributed by atoms with van der Waals surface area (Å²) in [5.74, 6) is 0. The molecule has 130 valence electrons. The Kier molecular flexibility index (Phi) is 4.34. The van der Waals surface area contributed by atoms with E-state index in [1.807, 2.05) is 32.9 Å². The maximum atomic E-state index is 12.6. The fourth-order valence-corrected chi connectivity index (χ4v) is 4.12. The molecule has 24 heavy (non-hydrogen) atoms. The van der Waals surface area contributed by atoms with Crippen molar-refractivity contribution >= 4 is 23.2 Å². The molecule has 0 saturated carbocycles. The maximum Gasteiger partial charge on any atom is 0.407 e. The number of aromatic nitrogens is 1. The van der Waals surface area contributed by atoms with Gasteiger partial charge in [-0.25, -0.2) is 4.79 Å². The lowest BCUT2D eigenvalue weighted by Crippen LogP contribution is -2.45. The van der Waals surface area contributed by atoms with E-state index in [1.165, 1.54) is 4.90 Å². The molecule has 1 spiro atoms. The molecule has 0 unspecified atom stereocenters. The summed E-state index contributed by atoms with van der Waals surface area (Å²) in [6.45, 7) is 6.68. The van der Waals surface area contributed by atoms with Crippen LogP contribution in [0.2, 0.25) is 0 Å². The Morgan fingerprint density at radius 2 is 2.08 bits per heavy atom. The number of hydrogen-bond acceptors (Lipinski definition) is 4. The summed E-state index contributed by atoms with van der Waals surface area (Å²) in [6.07, 6.45) is 3.01. The molecule has 1 aromatic rings. The molecule has 1 fully saturated rings. The SMILES string of the molecule is CC(C)(C)[S@@+]([O-])/N=C1\c2cccnc2CC12CCN(C(=O)O)CC2. The predicted molar refractivity (Wildman–Crippen MR) is 93.6 cm³/mol. The van der Waals surface area contributed by atoms with Crippen molar-refractivity contribution in [3.8, 4) is 0 Å². The number of likely N-dealkylation sites (tertiary alicyclic amines) is 1. The summed E-state index contributed by atoms with van der Waals surface area (Å²) in [5, 5.41) is 9.20. The quantitative estimate of drug-likeness (QED) is 0.789. The minimum Gasteiger partial charge on any atom is -0.591 e. The van der Waals surface area contributed by atoms with Gasteiger partial charge in [0, 0.05) is 36.7 Å². The first-order valence-electron chi connectivity index (χ1n) is 8.16. The Morgan fingerprint density at radius 1 is 1.42 bits per heavy atom. The van der Waals surface area contributed by atoms with Gasteiger partial charge in [0.2, 0.25) is 0 Å². The van der Waals surface area contributed by atoms with Gasteiger partial charge in [0.1, 0.15) is 21.8 Å². The van der Waals surface area contributed by atoms with Crippen LogP contribution in [0.25, 0.3) is 0 Å². The van der Waals surface area contributed by atoms with E-state index in [1.54, 1.807) is 6.20 Å². The van der Waals surface area contributed by atoms with E-state index in [2.05, 4.69) is 9.38 Å². The fraction of sp³-hybridized carbons (Fsp3) is 0.588. The number of carbonyl (C=O) groups is 1. The van der Waals surface area contributed by atoms with Crippen LogP contribution in [0.5, 0.6) is 0 Å². The van der Waals surface area contributed by atoms with Crippen molar-refractivity contribution in [2.75, 3.05) is 13.1 Å². The smallest absolute Gasteiger partial charge is 0.407 e. The van der Waals surface area contributed by atoms with Crippen molar-refractivity contribution in [2.24, 2.45) is 9.81 Å². The minimum atomic E-state index is -1.35. The number of fused-ring (bicyclic) bond motifs is 1. The van der Waals surface area contributed by atoms with Crippen LogP contribution in [0.15, 0.2) is 22.7 Å². The first-order chi connectivity index (χ1) is 11.2. The number of piperidine rings is 1. The average molecular weight is 349 g/mol. The average Bonchev–Trinajstić information content (AvgIpc) is 2.80. The van der Waals surface area contributed by atoms with Gasteiger partial charge in [-0.1, -0.05) is 4.40 Å². The van der Waals surface area contributed by atoms with Crippen LogP contribution in [-0.4, -0.2) is 49.2 Å². The topological polar surface area (TPSA) is 88.9 Å². The maximum absolute atomic E-state index is 12.6. The summed E-state index contributed by atoms with van der Waals surface area (Å²) in [7, 11) is 0. The normalized spacial score (nSPS) is 22.7. The first-order valence-corrected chi connectivity index (χ1v) is 9.27. The molecule has 1 aliphatic carbocycles. The molecule has 1 aromatic heterocycles. The number of rotatable bonds is 1. The van der Waals surface area contributed by atoms with Gasteiger partial charge in [-0.2, -0.15) is 0 Å². The lowest BCUT2D eigenvalue weighted by Gasteiger charge is -2.38. The second-order valence-corrected chi connectivity index (χ2v) is 9.43. The largest absolute Gasteiger partial charge is 0.591 e. The van der Waals surface area contributed by atoms with Gasteiger partial charge in [-0.05, 0) is 45.7 Å². The second-order valence-electron chi connectivity index (χ2n) is 7.53. The third kappa shape index (κ3) is 3.02. The number of nitrogens with zero attached hydrogens (tertiary/aromatic N) is 3. The molecule has 1 saturated heterocycles. The van der Waals surface area contributed by atoms with Crippen LogP contribution in [-0.2, 0) is 17.8 Å². The molecule has 1 atom stereocenters. The highest BCUT2D eigenvalue weighted by Gasteiger charge is 2.48. The molecule has 1 amide bonds. The molecule has 2 heterocycles. The summed E-state index contributed by atoms with van der Waals surface area (Å²) in [6, 6.07) is 3.86. The standard InChI is InChI=1S/C17H23N3O3S/c1-16(2,3)24(23)19-14-12-5-4-8-18-13(12)11-17(14)6-9-20(10-7-17)15(21)22/h4-5,8H,6-7,9-11H2,1-3H3,(H,21,22)/b19-14+/t24-/m1/s1. The highest BCUT2D eigenvalue weighted by atomic mass is 32.2. The Hall–Kier alpha value is -1.60. The highest BCUT2D eigenvalue weighted by Crippen LogP contribution is 2.45. The number of hydrogen-bond donors (Lipinski definition) is 1. The molecular formula is C17H23N3O3S. The zero-order chi connectivity index (χ0) is 17.5. The van der Waals surface area contributed by atoms with Gasteiger partial charge < -0.3 is 14.6 Å². The van der Waals surface area contributed by atoms with Gasteiger partial charge in [0.15, 0.2) is 0 Å². The third-order valence-corrected chi connectivity index (χ3v) is 6.24. The number of pyridine rings is 1. The zero-order valence-electron chi connectivity index (χ0n) is 14.3. The van der Waals surface area contributed by atoms with Crippen LogP contribution in [0.4, 0.5) is 4.79 Å². The Morgan fingerprint density at radius 3 is 2.67 bits per heavy atom. The molecule has 0 bridgehead atoms. The highest BCUT2D eigenvalue weighted by molar-refractivity contribution is 7.91.